The van der Waals surface area contributed by atoms with Crippen molar-refractivity contribution in [3.8, 4) is 22.9 Å². The molecule has 9 heteroatoms. The van der Waals surface area contributed by atoms with Crippen molar-refractivity contribution in [3.05, 3.63) is 65.1 Å². The monoisotopic (exact) mass is 401 g/mol. The Kier molecular flexibility index (Phi) is 4.25. The maximum Gasteiger partial charge on any atom is 0.208 e. The van der Waals surface area contributed by atoms with Gasteiger partial charge in [-0.15, -0.1) is 0 Å². The van der Waals surface area contributed by atoms with Gasteiger partial charge in [-0.25, -0.2) is 14.4 Å². The fourth-order valence-electron chi connectivity index (χ4n) is 3.66. The summed E-state index contributed by atoms with van der Waals surface area (Å²) in [6.07, 6.45) is 5.56. The van der Waals surface area contributed by atoms with Crippen LogP contribution in [0, 0.1) is 24.1 Å². The summed E-state index contributed by atoms with van der Waals surface area (Å²) < 4.78 is 21.7. The molecule has 0 aliphatic carbocycles. The number of anilines is 1. The Bertz CT molecular complexity index is 1330. The highest BCUT2D eigenvalue weighted by molar-refractivity contribution is 5.78. The van der Waals surface area contributed by atoms with E-state index in [1.807, 2.05) is 13.0 Å². The van der Waals surface area contributed by atoms with Crippen LogP contribution in [-0.2, 0) is 13.0 Å². The molecule has 8 nitrogen and oxygen atoms in total. The molecule has 4 heterocycles. The number of aromatic nitrogens is 5. The molecular formula is C21H16FN7O. The number of ether oxygens (including phenoxy) is 1. The number of halogens is 1. The number of nitrogens with one attached hydrogen (secondary N) is 1. The summed E-state index contributed by atoms with van der Waals surface area (Å²) in [5.41, 5.74) is 4.52. The van der Waals surface area contributed by atoms with Crippen LogP contribution in [0.3, 0.4) is 0 Å². The minimum absolute atomic E-state index is 0.232. The maximum absolute atomic E-state index is 14.5. The number of aryl methyl sites for hydroxylation is 1. The molecule has 0 saturated heterocycles. The van der Waals surface area contributed by atoms with Crippen molar-refractivity contribution in [2.45, 2.75) is 19.9 Å². The minimum Gasteiger partial charge on any atom is -0.493 e. The molecule has 4 aromatic rings. The van der Waals surface area contributed by atoms with E-state index in [2.05, 4.69) is 31.6 Å². The molecule has 5 rings (SSSR count). The first-order valence-electron chi connectivity index (χ1n) is 9.39. The van der Waals surface area contributed by atoms with Gasteiger partial charge in [0.1, 0.15) is 17.6 Å². The predicted molar refractivity (Wildman–Crippen MR) is 106 cm³/mol. The molecule has 0 saturated carbocycles. The first kappa shape index (κ1) is 18.0. The lowest BCUT2D eigenvalue weighted by molar-refractivity contribution is 0.356. The van der Waals surface area contributed by atoms with Crippen LogP contribution in [0.25, 0.3) is 16.8 Å². The molecule has 1 aliphatic rings. The number of imidazole rings is 1. The molecule has 0 amide bonds. The van der Waals surface area contributed by atoms with Gasteiger partial charge in [-0.1, -0.05) is 0 Å². The third kappa shape index (κ3) is 2.99. The zero-order valence-electron chi connectivity index (χ0n) is 16.1. The summed E-state index contributed by atoms with van der Waals surface area (Å²) in [7, 11) is 0. The molecular weight excluding hydrogens is 385 g/mol. The molecule has 1 N–H and O–H groups in total. The largest absolute Gasteiger partial charge is 0.493 e. The quantitative estimate of drug-likeness (QED) is 0.561. The van der Waals surface area contributed by atoms with E-state index in [0.29, 0.717) is 30.2 Å². The summed E-state index contributed by atoms with van der Waals surface area (Å²) in [5.74, 6) is 0.885. The maximum atomic E-state index is 14.5. The number of nitrogens with zero attached hydrogens (tertiary/aromatic N) is 6. The normalized spacial score (nSPS) is 12.4. The molecule has 0 bridgehead atoms. The topological polar surface area (TPSA) is 101 Å². The first-order chi connectivity index (χ1) is 14.6. The molecule has 0 fully saturated rings. The number of benzene rings is 1. The highest BCUT2D eigenvalue weighted by Gasteiger charge is 2.20. The third-order valence-corrected chi connectivity index (χ3v) is 5.06. The van der Waals surface area contributed by atoms with Gasteiger partial charge in [0.15, 0.2) is 11.3 Å². The van der Waals surface area contributed by atoms with Crippen LogP contribution >= 0.6 is 0 Å². The first-order valence-corrected chi connectivity index (χ1v) is 9.39. The minimum atomic E-state index is -0.290. The van der Waals surface area contributed by atoms with Gasteiger partial charge < -0.3 is 10.1 Å². The summed E-state index contributed by atoms with van der Waals surface area (Å²) >= 11 is 0. The highest BCUT2D eigenvalue weighted by atomic mass is 19.1. The summed E-state index contributed by atoms with van der Waals surface area (Å²) in [4.78, 5) is 8.91. The van der Waals surface area contributed by atoms with Crippen molar-refractivity contribution in [2.75, 3.05) is 11.9 Å². The molecule has 30 heavy (non-hydrogen) atoms. The lowest BCUT2D eigenvalue weighted by atomic mass is 10.0. The van der Waals surface area contributed by atoms with Crippen molar-refractivity contribution in [1.82, 2.24) is 24.6 Å². The standard InChI is InChI=1S/C21H16FN7O/c1-12-6-13(8-26-28-12)16-9-24-21(29-11-14(7-23)27-20(16)29)25-10-17-15-4-5-30-19(15)3-2-18(17)22/h2-3,6,8-9,11H,4-5,10H2,1H3,(H,24,25). The Morgan fingerprint density at radius 1 is 1.33 bits per heavy atom. The lowest BCUT2D eigenvalue weighted by Crippen LogP contribution is -2.09. The number of hydrogen-bond acceptors (Lipinski definition) is 7. The molecule has 1 aliphatic heterocycles. The fourth-order valence-corrected chi connectivity index (χ4v) is 3.66. The molecule has 0 atom stereocenters. The predicted octanol–water partition coefficient (Wildman–Crippen LogP) is 3.05. The Morgan fingerprint density at radius 3 is 3.07 bits per heavy atom. The SMILES string of the molecule is Cc1cc(-c2cnc(NCc3c(F)ccc4c3CCO4)n3cc(C#N)nc23)cnn1. The van der Waals surface area contributed by atoms with Crippen molar-refractivity contribution in [3.63, 3.8) is 0 Å². The molecule has 0 unspecified atom stereocenters. The second kappa shape index (κ2) is 7.08. The fraction of sp³-hybridized carbons (Fsp3) is 0.190. The average molecular weight is 401 g/mol. The molecule has 0 radical (unpaired) electrons. The molecule has 0 spiro atoms. The Balaban J connectivity index is 1.55. The Morgan fingerprint density at radius 2 is 2.23 bits per heavy atom. The van der Waals surface area contributed by atoms with E-state index < -0.39 is 0 Å². The number of rotatable bonds is 4. The number of fused-ring (bicyclic) bond motifs is 2. The van der Waals surface area contributed by atoms with Gasteiger partial charge in [-0.05, 0) is 25.1 Å². The van der Waals surface area contributed by atoms with Gasteiger partial charge in [-0.3, -0.25) is 4.40 Å². The van der Waals surface area contributed by atoms with E-state index in [9.17, 15) is 9.65 Å². The smallest absolute Gasteiger partial charge is 0.208 e. The van der Waals surface area contributed by atoms with Crippen LogP contribution < -0.4 is 10.1 Å². The lowest BCUT2D eigenvalue weighted by Gasteiger charge is -2.13. The van der Waals surface area contributed by atoms with Gasteiger partial charge in [0.05, 0.1) is 24.7 Å². The van der Waals surface area contributed by atoms with Gasteiger partial charge in [0, 0.05) is 41.4 Å². The summed E-state index contributed by atoms with van der Waals surface area (Å²) in [6, 6.07) is 7.01. The zero-order chi connectivity index (χ0) is 20.7. The summed E-state index contributed by atoms with van der Waals surface area (Å²) in [5, 5.41) is 20.5. The van der Waals surface area contributed by atoms with Crippen LogP contribution in [-0.4, -0.2) is 31.2 Å². The Labute approximate surface area is 171 Å². The van der Waals surface area contributed by atoms with Crippen molar-refractivity contribution < 1.29 is 9.13 Å². The summed E-state index contributed by atoms with van der Waals surface area (Å²) in [6.45, 7) is 2.63. The molecule has 1 aromatic carbocycles. The van der Waals surface area contributed by atoms with Gasteiger partial charge in [-0.2, -0.15) is 15.5 Å². The van der Waals surface area contributed by atoms with E-state index in [1.54, 1.807) is 29.1 Å². The highest BCUT2D eigenvalue weighted by Crippen LogP contribution is 2.31. The zero-order valence-corrected chi connectivity index (χ0v) is 16.1. The van der Waals surface area contributed by atoms with E-state index in [4.69, 9.17) is 4.74 Å². The second-order valence-electron chi connectivity index (χ2n) is 6.97. The van der Waals surface area contributed by atoms with Crippen molar-refractivity contribution in [1.29, 1.82) is 5.26 Å². The van der Waals surface area contributed by atoms with E-state index in [-0.39, 0.29) is 18.1 Å². The molecule has 3 aromatic heterocycles. The van der Waals surface area contributed by atoms with Crippen molar-refractivity contribution >= 4 is 11.6 Å². The van der Waals surface area contributed by atoms with Crippen LogP contribution in [0.2, 0.25) is 0 Å². The average Bonchev–Trinajstić information content (AvgIpc) is 3.40. The van der Waals surface area contributed by atoms with Crippen LogP contribution in [0.1, 0.15) is 22.5 Å². The van der Waals surface area contributed by atoms with Gasteiger partial charge >= 0.3 is 0 Å². The van der Waals surface area contributed by atoms with E-state index in [0.717, 1.165) is 28.1 Å². The third-order valence-electron chi connectivity index (χ3n) is 5.06. The van der Waals surface area contributed by atoms with Crippen molar-refractivity contribution in [2.24, 2.45) is 0 Å². The van der Waals surface area contributed by atoms with Crippen LogP contribution in [0.5, 0.6) is 5.75 Å². The van der Waals surface area contributed by atoms with Gasteiger partial charge in [0.25, 0.3) is 0 Å². The second-order valence-corrected chi connectivity index (χ2v) is 6.97. The number of hydrogen-bond donors (Lipinski definition) is 1. The van der Waals surface area contributed by atoms with E-state index >= 15 is 0 Å². The number of nitriles is 1. The van der Waals surface area contributed by atoms with E-state index in [1.165, 1.54) is 6.07 Å². The van der Waals surface area contributed by atoms with Gasteiger partial charge in [0.2, 0.25) is 5.95 Å². The Hall–Kier alpha value is -4.06. The van der Waals surface area contributed by atoms with Crippen LogP contribution in [0.15, 0.2) is 36.8 Å². The van der Waals surface area contributed by atoms with Crippen LogP contribution in [0.4, 0.5) is 10.3 Å². The molecule has 148 valence electrons.